The van der Waals surface area contributed by atoms with Gasteiger partial charge in [0.05, 0.1) is 11.9 Å². The molecule has 0 fully saturated rings. The summed E-state index contributed by atoms with van der Waals surface area (Å²) in [7, 11) is 1.63. The minimum absolute atomic E-state index is 0.430. The molecular formula is C8H13N3O3. The fourth-order valence-electron chi connectivity index (χ4n) is 1.29. The van der Waals surface area contributed by atoms with E-state index in [1.54, 1.807) is 20.2 Å². The third-order valence-electron chi connectivity index (χ3n) is 2.08. The van der Waals surface area contributed by atoms with Gasteiger partial charge in [0, 0.05) is 7.05 Å². The van der Waals surface area contributed by atoms with E-state index in [0.29, 0.717) is 5.69 Å². The van der Waals surface area contributed by atoms with Crippen LogP contribution in [0.15, 0.2) is 6.20 Å². The summed E-state index contributed by atoms with van der Waals surface area (Å²) in [6, 6.07) is -1.33. The Hall–Kier alpha value is -1.40. The SMILES string of the molecule is Cc1cnn(C)c1C(O)C(N)C(=O)O. The van der Waals surface area contributed by atoms with E-state index in [1.807, 2.05) is 0 Å². The number of hydrogen-bond donors (Lipinski definition) is 3. The molecule has 1 aromatic rings. The summed E-state index contributed by atoms with van der Waals surface area (Å²) >= 11 is 0. The molecule has 1 heterocycles. The van der Waals surface area contributed by atoms with Crippen LogP contribution in [-0.2, 0) is 11.8 Å². The first-order valence-corrected chi connectivity index (χ1v) is 4.10. The number of carboxylic acids is 1. The van der Waals surface area contributed by atoms with Crippen LogP contribution in [0.4, 0.5) is 0 Å². The first-order valence-electron chi connectivity index (χ1n) is 4.10. The number of carbonyl (C=O) groups is 1. The van der Waals surface area contributed by atoms with Gasteiger partial charge in [-0.1, -0.05) is 0 Å². The largest absolute Gasteiger partial charge is 0.480 e. The van der Waals surface area contributed by atoms with Gasteiger partial charge in [-0.25, -0.2) is 0 Å². The highest BCUT2D eigenvalue weighted by Gasteiger charge is 2.27. The predicted molar refractivity (Wildman–Crippen MR) is 48.5 cm³/mol. The van der Waals surface area contributed by atoms with Crippen molar-refractivity contribution in [3.63, 3.8) is 0 Å². The highest BCUT2D eigenvalue weighted by molar-refractivity contribution is 5.74. The summed E-state index contributed by atoms with van der Waals surface area (Å²) in [4.78, 5) is 10.5. The van der Waals surface area contributed by atoms with E-state index in [4.69, 9.17) is 10.8 Å². The molecule has 0 aliphatic rings. The summed E-state index contributed by atoms with van der Waals surface area (Å²) in [5.41, 5.74) is 6.45. The van der Waals surface area contributed by atoms with Crippen LogP contribution in [0.3, 0.4) is 0 Å². The van der Waals surface area contributed by atoms with Crippen LogP contribution < -0.4 is 5.73 Å². The number of aliphatic carboxylic acids is 1. The molecule has 0 aliphatic heterocycles. The van der Waals surface area contributed by atoms with Crippen molar-refractivity contribution in [3.05, 3.63) is 17.5 Å². The van der Waals surface area contributed by atoms with Gasteiger partial charge in [-0.3, -0.25) is 9.48 Å². The van der Waals surface area contributed by atoms with Gasteiger partial charge in [-0.05, 0) is 12.5 Å². The van der Waals surface area contributed by atoms with Gasteiger partial charge < -0.3 is 15.9 Å². The Balaban J connectivity index is 2.99. The van der Waals surface area contributed by atoms with Crippen molar-refractivity contribution in [3.8, 4) is 0 Å². The van der Waals surface area contributed by atoms with Crippen LogP contribution in [0.5, 0.6) is 0 Å². The molecule has 0 spiro atoms. The zero-order valence-electron chi connectivity index (χ0n) is 8.01. The van der Waals surface area contributed by atoms with E-state index in [-0.39, 0.29) is 0 Å². The lowest BCUT2D eigenvalue weighted by atomic mass is 10.1. The minimum Gasteiger partial charge on any atom is -0.480 e. The van der Waals surface area contributed by atoms with Gasteiger partial charge in [-0.15, -0.1) is 0 Å². The van der Waals surface area contributed by atoms with Crippen molar-refractivity contribution < 1.29 is 15.0 Å². The average molecular weight is 199 g/mol. The molecule has 0 saturated carbocycles. The second-order valence-electron chi connectivity index (χ2n) is 3.15. The predicted octanol–water partition coefficient (Wildman–Crippen LogP) is -0.826. The van der Waals surface area contributed by atoms with Crippen LogP contribution in [0.25, 0.3) is 0 Å². The van der Waals surface area contributed by atoms with Crippen molar-refractivity contribution in [2.75, 3.05) is 0 Å². The number of aryl methyl sites for hydroxylation is 2. The minimum atomic E-state index is -1.33. The highest BCUT2D eigenvalue weighted by atomic mass is 16.4. The molecule has 0 amide bonds. The van der Waals surface area contributed by atoms with Crippen molar-refractivity contribution in [1.29, 1.82) is 0 Å². The summed E-state index contributed by atoms with van der Waals surface area (Å²) in [5.74, 6) is -1.24. The van der Waals surface area contributed by atoms with E-state index in [1.165, 1.54) is 4.68 Å². The molecule has 0 bridgehead atoms. The number of rotatable bonds is 3. The number of aliphatic hydroxyl groups is 1. The molecule has 2 atom stereocenters. The van der Waals surface area contributed by atoms with E-state index in [2.05, 4.69) is 5.10 Å². The summed E-state index contributed by atoms with van der Waals surface area (Å²) in [6.45, 7) is 1.74. The third-order valence-corrected chi connectivity index (χ3v) is 2.08. The smallest absolute Gasteiger partial charge is 0.323 e. The second-order valence-corrected chi connectivity index (χ2v) is 3.15. The van der Waals surface area contributed by atoms with Crippen molar-refractivity contribution in [2.45, 2.75) is 19.1 Å². The van der Waals surface area contributed by atoms with Crippen LogP contribution >= 0.6 is 0 Å². The van der Waals surface area contributed by atoms with Crippen LogP contribution in [0, 0.1) is 6.92 Å². The summed E-state index contributed by atoms with van der Waals surface area (Å²) < 4.78 is 1.42. The van der Waals surface area contributed by atoms with E-state index < -0.39 is 18.1 Å². The molecule has 14 heavy (non-hydrogen) atoms. The molecule has 1 aromatic heterocycles. The van der Waals surface area contributed by atoms with Gasteiger partial charge in [0.25, 0.3) is 0 Å². The van der Waals surface area contributed by atoms with Gasteiger partial charge in [0.15, 0.2) is 0 Å². The van der Waals surface area contributed by atoms with Crippen molar-refractivity contribution in [1.82, 2.24) is 9.78 Å². The lowest BCUT2D eigenvalue weighted by molar-refractivity contribution is -0.141. The molecule has 78 valence electrons. The molecular weight excluding hydrogens is 186 g/mol. The van der Waals surface area contributed by atoms with Gasteiger partial charge in [-0.2, -0.15) is 5.10 Å². The van der Waals surface area contributed by atoms with Crippen molar-refractivity contribution in [2.24, 2.45) is 12.8 Å². The fourth-order valence-corrected chi connectivity index (χ4v) is 1.29. The Morgan fingerprint density at radius 2 is 2.29 bits per heavy atom. The first kappa shape index (κ1) is 10.7. The lowest BCUT2D eigenvalue weighted by Gasteiger charge is -2.16. The molecule has 0 aliphatic carbocycles. The molecule has 1 rings (SSSR count). The average Bonchev–Trinajstić information content (AvgIpc) is 2.44. The number of carboxylic acid groups (broad SMARTS) is 1. The maximum atomic E-state index is 10.5. The monoisotopic (exact) mass is 199 g/mol. The number of aliphatic hydroxyl groups excluding tert-OH is 1. The van der Waals surface area contributed by atoms with Gasteiger partial charge >= 0.3 is 5.97 Å². The summed E-state index contributed by atoms with van der Waals surface area (Å²) in [6.07, 6.45) is 0.313. The zero-order chi connectivity index (χ0) is 10.9. The Morgan fingerprint density at radius 1 is 1.71 bits per heavy atom. The molecule has 0 saturated heterocycles. The number of hydrogen-bond acceptors (Lipinski definition) is 4. The number of aromatic nitrogens is 2. The number of nitrogens with two attached hydrogens (primary N) is 1. The quantitative estimate of drug-likeness (QED) is 0.590. The van der Waals surface area contributed by atoms with Crippen LogP contribution in [0.1, 0.15) is 17.4 Å². The van der Waals surface area contributed by atoms with E-state index in [0.717, 1.165) is 5.56 Å². The van der Waals surface area contributed by atoms with E-state index in [9.17, 15) is 9.90 Å². The lowest BCUT2D eigenvalue weighted by Crippen LogP contribution is -2.37. The van der Waals surface area contributed by atoms with Crippen molar-refractivity contribution >= 4 is 5.97 Å². The zero-order valence-corrected chi connectivity index (χ0v) is 8.01. The second kappa shape index (κ2) is 3.77. The van der Waals surface area contributed by atoms with Gasteiger partial charge in [0.2, 0.25) is 0 Å². The molecule has 0 aromatic carbocycles. The van der Waals surface area contributed by atoms with Crippen LogP contribution in [0.2, 0.25) is 0 Å². The standard InChI is InChI=1S/C8H13N3O3/c1-4-3-10-11(2)6(4)7(12)5(9)8(13)14/h3,5,7,12H,9H2,1-2H3,(H,13,14). The van der Waals surface area contributed by atoms with Crippen LogP contribution in [-0.4, -0.2) is 32.0 Å². The molecule has 6 nitrogen and oxygen atoms in total. The maximum Gasteiger partial charge on any atom is 0.323 e. The topological polar surface area (TPSA) is 101 Å². The molecule has 4 N–H and O–H groups in total. The third kappa shape index (κ3) is 1.75. The Bertz CT molecular complexity index is 328. The Labute approximate surface area is 81.0 Å². The highest BCUT2D eigenvalue weighted by Crippen LogP contribution is 2.18. The first-order chi connectivity index (χ1) is 6.45. The molecule has 2 unspecified atom stereocenters. The summed E-state index contributed by atoms with van der Waals surface area (Å²) in [5, 5.41) is 22.1. The Morgan fingerprint density at radius 3 is 2.64 bits per heavy atom. The molecule has 0 radical (unpaired) electrons. The fraction of sp³-hybridized carbons (Fsp3) is 0.500. The normalized spacial score (nSPS) is 15.1. The Kier molecular flexibility index (Phi) is 2.87. The van der Waals surface area contributed by atoms with E-state index >= 15 is 0 Å². The number of nitrogens with zero attached hydrogens (tertiary/aromatic N) is 2. The maximum absolute atomic E-state index is 10.5. The molecule has 6 heteroatoms. The van der Waals surface area contributed by atoms with Gasteiger partial charge in [0.1, 0.15) is 12.1 Å².